The highest BCUT2D eigenvalue weighted by atomic mass is 79.9. The molecule has 0 saturated heterocycles. The van der Waals surface area contributed by atoms with Crippen LogP contribution in [0.25, 0.3) is 0 Å². The molecule has 0 aliphatic heterocycles. The number of hydrogen-bond acceptors (Lipinski definition) is 3. The molecule has 22 heavy (non-hydrogen) atoms. The Morgan fingerprint density at radius 2 is 1.91 bits per heavy atom. The van der Waals surface area contributed by atoms with Gasteiger partial charge in [0.15, 0.2) is 0 Å². The summed E-state index contributed by atoms with van der Waals surface area (Å²) in [6.45, 7) is 0.658. The van der Waals surface area contributed by atoms with Gasteiger partial charge in [0.1, 0.15) is 16.0 Å². The highest BCUT2D eigenvalue weighted by Gasteiger charge is 2.14. The number of rotatable bonds is 6. The first-order chi connectivity index (χ1) is 10.7. The molecule has 1 aromatic carbocycles. The number of hydrogen-bond donors (Lipinski definition) is 1. The van der Waals surface area contributed by atoms with Gasteiger partial charge in [0, 0.05) is 12.1 Å². The Hall–Kier alpha value is -1.49. The van der Waals surface area contributed by atoms with E-state index in [1.165, 1.54) is 24.8 Å². The molecule has 0 bridgehead atoms. The molecular weight excluding hydrogens is 346 g/mol. The Morgan fingerprint density at radius 1 is 1.23 bits per heavy atom. The van der Waals surface area contributed by atoms with E-state index in [0.29, 0.717) is 28.1 Å². The molecule has 0 aromatic heterocycles. The van der Waals surface area contributed by atoms with Crippen LogP contribution in [0, 0.1) is 0 Å². The summed E-state index contributed by atoms with van der Waals surface area (Å²) in [7, 11) is 3.13. The van der Waals surface area contributed by atoms with E-state index in [-0.39, 0.29) is 5.91 Å². The molecule has 0 saturated carbocycles. The van der Waals surface area contributed by atoms with Gasteiger partial charge in [-0.25, -0.2) is 0 Å². The van der Waals surface area contributed by atoms with Crippen LogP contribution in [-0.2, 0) is 0 Å². The summed E-state index contributed by atoms with van der Waals surface area (Å²) in [6, 6.07) is 3.42. The predicted octanol–water partition coefficient (Wildman–Crippen LogP) is 4.09. The second kappa shape index (κ2) is 8.22. The van der Waals surface area contributed by atoms with Crippen molar-refractivity contribution in [2.75, 3.05) is 20.8 Å². The van der Waals surface area contributed by atoms with Crippen molar-refractivity contribution in [2.24, 2.45) is 0 Å². The Bertz CT molecular complexity index is 544. The van der Waals surface area contributed by atoms with Crippen LogP contribution in [0.2, 0.25) is 0 Å². The number of halogens is 1. The highest BCUT2D eigenvalue weighted by Crippen LogP contribution is 2.35. The van der Waals surface area contributed by atoms with Crippen molar-refractivity contribution in [3.05, 3.63) is 33.8 Å². The third-order valence-corrected chi connectivity index (χ3v) is 4.61. The van der Waals surface area contributed by atoms with Crippen molar-refractivity contribution in [1.29, 1.82) is 0 Å². The molecule has 0 atom stereocenters. The summed E-state index contributed by atoms with van der Waals surface area (Å²) in [5.41, 5.74) is 1.99. The van der Waals surface area contributed by atoms with Gasteiger partial charge in [0.2, 0.25) is 0 Å². The lowest BCUT2D eigenvalue weighted by Crippen LogP contribution is -2.25. The van der Waals surface area contributed by atoms with E-state index in [4.69, 9.17) is 9.47 Å². The Labute approximate surface area is 140 Å². The molecule has 2 rings (SSSR count). The van der Waals surface area contributed by atoms with Crippen molar-refractivity contribution in [2.45, 2.75) is 32.1 Å². The van der Waals surface area contributed by atoms with Crippen molar-refractivity contribution in [3.63, 3.8) is 0 Å². The number of amides is 1. The van der Waals surface area contributed by atoms with E-state index in [1.807, 2.05) is 0 Å². The molecule has 1 aliphatic carbocycles. The largest absolute Gasteiger partial charge is 0.495 e. The molecule has 120 valence electrons. The van der Waals surface area contributed by atoms with Crippen molar-refractivity contribution in [3.8, 4) is 11.5 Å². The summed E-state index contributed by atoms with van der Waals surface area (Å²) in [5, 5.41) is 2.96. The molecule has 0 radical (unpaired) electrons. The molecule has 0 spiro atoms. The third kappa shape index (κ3) is 4.26. The van der Waals surface area contributed by atoms with Gasteiger partial charge in [-0.05, 0) is 60.2 Å². The van der Waals surface area contributed by atoms with Crippen molar-refractivity contribution < 1.29 is 14.3 Å². The normalized spacial score (nSPS) is 14.2. The summed E-state index contributed by atoms with van der Waals surface area (Å²) >= 11 is 3.40. The van der Waals surface area contributed by atoms with Gasteiger partial charge in [-0.1, -0.05) is 11.6 Å². The summed E-state index contributed by atoms with van der Waals surface area (Å²) in [5.74, 6) is 1.06. The number of ether oxygens (including phenoxy) is 2. The van der Waals surface area contributed by atoms with Gasteiger partial charge < -0.3 is 14.8 Å². The summed E-state index contributed by atoms with van der Waals surface area (Å²) in [6.07, 6.45) is 8.12. The van der Waals surface area contributed by atoms with Gasteiger partial charge in [-0.15, -0.1) is 0 Å². The lowest BCUT2D eigenvalue weighted by molar-refractivity contribution is 0.0953. The van der Waals surface area contributed by atoms with Crippen LogP contribution in [0.3, 0.4) is 0 Å². The first-order valence-corrected chi connectivity index (χ1v) is 8.32. The van der Waals surface area contributed by atoms with Crippen molar-refractivity contribution in [1.82, 2.24) is 5.32 Å². The molecule has 1 aliphatic rings. The van der Waals surface area contributed by atoms with E-state index in [0.717, 1.165) is 12.8 Å². The summed E-state index contributed by atoms with van der Waals surface area (Å²) < 4.78 is 11.2. The standard InChI is InChI=1S/C17H22BrNO3/c1-21-14-10-13(11-15(22-2)16(14)18)17(20)19-9-8-12-6-4-3-5-7-12/h6,10-11H,3-5,7-9H2,1-2H3,(H,19,20). The maximum Gasteiger partial charge on any atom is 0.251 e. The minimum atomic E-state index is -0.111. The molecular formula is C17H22BrNO3. The van der Waals surface area contributed by atoms with Crippen LogP contribution in [0.5, 0.6) is 11.5 Å². The highest BCUT2D eigenvalue weighted by molar-refractivity contribution is 9.10. The smallest absolute Gasteiger partial charge is 0.251 e. The third-order valence-electron chi connectivity index (χ3n) is 3.82. The average Bonchev–Trinajstić information content (AvgIpc) is 2.56. The maximum absolute atomic E-state index is 12.3. The predicted molar refractivity (Wildman–Crippen MR) is 90.7 cm³/mol. The fraction of sp³-hybridized carbons (Fsp3) is 0.471. The van der Waals surface area contributed by atoms with Gasteiger partial charge in [0.05, 0.1) is 14.2 Å². The minimum absolute atomic E-state index is 0.111. The quantitative estimate of drug-likeness (QED) is 0.770. The first-order valence-electron chi connectivity index (χ1n) is 7.53. The van der Waals surface area contributed by atoms with Crippen LogP contribution in [-0.4, -0.2) is 26.7 Å². The molecule has 0 heterocycles. The van der Waals surface area contributed by atoms with Crippen LogP contribution < -0.4 is 14.8 Å². The van der Waals surface area contributed by atoms with E-state index in [2.05, 4.69) is 27.3 Å². The lowest BCUT2D eigenvalue weighted by Gasteiger charge is -2.14. The number of methoxy groups -OCH3 is 2. The van der Waals surface area contributed by atoms with Gasteiger partial charge >= 0.3 is 0 Å². The van der Waals surface area contributed by atoms with Crippen LogP contribution in [0.15, 0.2) is 28.3 Å². The molecule has 4 nitrogen and oxygen atoms in total. The van der Waals surface area contributed by atoms with Gasteiger partial charge in [-0.3, -0.25) is 4.79 Å². The minimum Gasteiger partial charge on any atom is -0.495 e. The number of carbonyl (C=O) groups is 1. The van der Waals surface area contributed by atoms with E-state index in [1.54, 1.807) is 26.4 Å². The zero-order chi connectivity index (χ0) is 15.9. The second-order valence-electron chi connectivity index (χ2n) is 5.31. The fourth-order valence-electron chi connectivity index (χ4n) is 2.57. The molecule has 5 heteroatoms. The van der Waals surface area contributed by atoms with E-state index >= 15 is 0 Å². The number of allylic oxidation sites excluding steroid dienone is 1. The fourth-order valence-corrected chi connectivity index (χ4v) is 3.12. The zero-order valence-electron chi connectivity index (χ0n) is 13.1. The van der Waals surface area contributed by atoms with Crippen LogP contribution in [0.1, 0.15) is 42.5 Å². The number of carbonyl (C=O) groups excluding carboxylic acids is 1. The Morgan fingerprint density at radius 3 is 2.45 bits per heavy atom. The number of benzene rings is 1. The van der Waals surface area contributed by atoms with E-state index in [9.17, 15) is 4.79 Å². The van der Waals surface area contributed by atoms with Crippen molar-refractivity contribution >= 4 is 21.8 Å². The molecule has 1 aromatic rings. The average molecular weight is 368 g/mol. The van der Waals surface area contributed by atoms with Gasteiger partial charge in [0.25, 0.3) is 5.91 Å². The van der Waals surface area contributed by atoms with E-state index < -0.39 is 0 Å². The summed E-state index contributed by atoms with van der Waals surface area (Å²) in [4.78, 5) is 12.3. The molecule has 0 fully saturated rings. The first kappa shape index (κ1) is 16.9. The second-order valence-corrected chi connectivity index (χ2v) is 6.10. The topological polar surface area (TPSA) is 47.6 Å². The molecule has 0 unspecified atom stereocenters. The zero-order valence-corrected chi connectivity index (χ0v) is 14.7. The number of nitrogens with one attached hydrogen (secondary N) is 1. The lowest BCUT2D eigenvalue weighted by atomic mass is 9.97. The Balaban J connectivity index is 1.98. The molecule has 1 amide bonds. The van der Waals surface area contributed by atoms with Gasteiger partial charge in [-0.2, -0.15) is 0 Å². The molecule has 1 N–H and O–H groups in total. The van der Waals surface area contributed by atoms with Crippen LogP contribution in [0.4, 0.5) is 0 Å². The Kier molecular flexibility index (Phi) is 6.31. The SMILES string of the molecule is COc1cc(C(=O)NCCC2=CCCCC2)cc(OC)c1Br. The van der Waals surface area contributed by atoms with Crippen LogP contribution >= 0.6 is 15.9 Å². The maximum atomic E-state index is 12.3. The monoisotopic (exact) mass is 367 g/mol.